The Balaban J connectivity index is 2.37. The van der Waals surface area contributed by atoms with Crippen molar-refractivity contribution in [3.63, 3.8) is 0 Å². The third-order valence-corrected chi connectivity index (χ3v) is 5.01. The molecule has 1 aromatic carbocycles. The number of rotatable bonds is 11. The van der Waals surface area contributed by atoms with Crippen molar-refractivity contribution in [2.24, 2.45) is 17.6 Å². The fourth-order valence-electron chi connectivity index (χ4n) is 3.33. The van der Waals surface area contributed by atoms with E-state index < -0.39 is 35.7 Å². The van der Waals surface area contributed by atoms with E-state index in [4.69, 9.17) is 10.8 Å². The van der Waals surface area contributed by atoms with Crippen LogP contribution in [0, 0.1) is 11.8 Å². The second kappa shape index (κ2) is 9.98. The Kier molecular flexibility index (Phi) is 7.66. The first-order valence-electron chi connectivity index (χ1n) is 9.70. The summed E-state index contributed by atoms with van der Waals surface area (Å²) in [4.78, 5) is 48.5. The first-order valence-corrected chi connectivity index (χ1v) is 9.70. The van der Waals surface area contributed by atoms with Gasteiger partial charge in [-0.25, -0.2) is 0 Å². The van der Waals surface area contributed by atoms with Gasteiger partial charge < -0.3 is 25.5 Å². The fourth-order valence-corrected chi connectivity index (χ4v) is 3.33. The molecule has 3 atom stereocenters. The van der Waals surface area contributed by atoms with E-state index in [1.165, 1.54) is 0 Å². The molecule has 0 saturated carbocycles. The third kappa shape index (κ3) is 4.83. The van der Waals surface area contributed by atoms with Gasteiger partial charge in [0.2, 0.25) is 0 Å². The normalized spacial score (nSPS) is 14.1. The molecule has 1 unspecified atom stereocenters. The number of aliphatic carboxylic acids is 1. The van der Waals surface area contributed by atoms with Gasteiger partial charge in [0.25, 0.3) is 5.91 Å². The highest BCUT2D eigenvalue weighted by Gasteiger charge is 2.37. The molecule has 0 aliphatic rings. The van der Waals surface area contributed by atoms with Crippen LogP contribution in [0.5, 0.6) is 0 Å². The number of allylic oxidation sites excluding steroid dienone is 1. The van der Waals surface area contributed by atoms with Crippen LogP contribution in [-0.2, 0) is 20.9 Å². The Hall–Kier alpha value is -3.26. The maximum Gasteiger partial charge on any atom is 0.321 e. The molecule has 8 nitrogen and oxygen atoms in total. The highest BCUT2D eigenvalue weighted by Crippen LogP contribution is 2.21. The molecular weight excluding hydrogens is 386 g/mol. The number of ketones is 1. The summed E-state index contributed by atoms with van der Waals surface area (Å²) in [6.07, 6.45) is 2.62. The van der Waals surface area contributed by atoms with Gasteiger partial charge >= 0.3 is 5.97 Å². The summed E-state index contributed by atoms with van der Waals surface area (Å²) in [7, 11) is 0. The number of carboxylic acids is 1. The van der Waals surface area contributed by atoms with Gasteiger partial charge in [-0.2, -0.15) is 0 Å². The van der Waals surface area contributed by atoms with Gasteiger partial charge in [0.15, 0.2) is 5.78 Å². The van der Waals surface area contributed by atoms with E-state index in [2.05, 4.69) is 11.9 Å². The number of aryl methyl sites for hydroxylation is 1. The smallest absolute Gasteiger partial charge is 0.321 e. The number of nitrogens with zero attached hydrogens (tertiary/aromatic N) is 1. The monoisotopic (exact) mass is 413 g/mol. The standard InChI is InChI=1S/C22H27N3O5/c1-4-5-10-25-16-9-7-6-8-14(16)11-17(25)21(28)24-19(13(2)3)20(27)15(12-26)18(23)22(29)30/h4,6-9,11-13,15,18-19H,1,5,10,23H2,2-3H3,(H,24,28)(H,29,30)/t15-,18?,19+/m1/s1. The first-order chi connectivity index (χ1) is 14.2. The molecular formula is C22H27N3O5. The lowest BCUT2D eigenvalue weighted by Crippen LogP contribution is -2.53. The largest absolute Gasteiger partial charge is 0.480 e. The lowest BCUT2D eigenvalue weighted by Gasteiger charge is -2.25. The summed E-state index contributed by atoms with van der Waals surface area (Å²) < 4.78 is 1.84. The van der Waals surface area contributed by atoms with Gasteiger partial charge in [0, 0.05) is 17.4 Å². The third-order valence-electron chi connectivity index (χ3n) is 5.01. The van der Waals surface area contributed by atoms with Crippen LogP contribution < -0.4 is 11.1 Å². The summed E-state index contributed by atoms with van der Waals surface area (Å²) in [6, 6.07) is 6.51. The zero-order valence-corrected chi connectivity index (χ0v) is 17.1. The number of nitrogens with two attached hydrogens (primary N) is 1. The molecule has 0 spiro atoms. The van der Waals surface area contributed by atoms with Crippen molar-refractivity contribution in [2.75, 3.05) is 0 Å². The molecule has 30 heavy (non-hydrogen) atoms. The number of carbonyl (C=O) groups is 4. The molecule has 8 heteroatoms. The van der Waals surface area contributed by atoms with Crippen LogP contribution in [-0.4, -0.2) is 45.7 Å². The van der Waals surface area contributed by atoms with Crippen molar-refractivity contribution in [3.05, 3.63) is 48.7 Å². The van der Waals surface area contributed by atoms with E-state index in [1.807, 2.05) is 28.8 Å². The zero-order valence-electron chi connectivity index (χ0n) is 17.1. The predicted molar refractivity (Wildman–Crippen MR) is 113 cm³/mol. The molecule has 0 aliphatic heterocycles. The molecule has 0 aliphatic carbocycles. The second-order valence-electron chi connectivity index (χ2n) is 7.44. The number of nitrogens with one attached hydrogen (secondary N) is 1. The topological polar surface area (TPSA) is 131 Å². The Bertz CT molecular complexity index is 963. The van der Waals surface area contributed by atoms with Gasteiger partial charge in [-0.1, -0.05) is 38.1 Å². The number of hydrogen-bond donors (Lipinski definition) is 3. The van der Waals surface area contributed by atoms with Gasteiger partial charge in [-0.05, 0) is 24.5 Å². The number of benzene rings is 1. The molecule has 0 fully saturated rings. The fraction of sp³-hybridized carbons (Fsp3) is 0.364. The molecule has 0 bridgehead atoms. The summed E-state index contributed by atoms with van der Waals surface area (Å²) in [6.45, 7) is 7.64. The summed E-state index contributed by atoms with van der Waals surface area (Å²) >= 11 is 0. The van der Waals surface area contributed by atoms with Crippen LogP contribution in [0.2, 0.25) is 0 Å². The average Bonchev–Trinajstić information content (AvgIpc) is 3.08. The molecule has 2 rings (SSSR count). The van der Waals surface area contributed by atoms with E-state index in [-0.39, 0.29) is 12.2 Å². The molecule has 1 heterocycles. The zero-order chi connectivity index (χ0) is 22.4. The highest BCUT2D eigenvalue weighted by atomic mass is 16.4. The summed E-state index contributed by atoms with van der Waals surface area (Å²) in [5.41, 5.74) is 6.74. The van der Waals surface area contributed by atoms with E-state index in [9.17, 15) is 19.2 Å². The van der Waals surface area contributed by atoms with Crippen molar-refractivity contribution in [1.82, 2.24) is 9.88 Å². The second-order valence-corrected chi connectivity index (χ2v) is 7.44. The Labute approximate surface area is 174 Å². The van der Waals surface area contributed by atoms with Gasteiger partial charge in [-0.3, -0.25) is 14.4 Å². The van der Waals surface area contributed by atoms with Crippen LogP contribution in [0.3, 0.4) is 0 Å². The van der Waals surface area contributed by atoms with E-state index in [1.54, 1.807) is 26.0 Å². The first kappa shape index (κ1) is 23.0. The number of fused-ring (bicyclic) bond motifs is 1. The Morgan fingerprint density at radius 1 is 1.27 bits per heavy atom. The minimum absolute atomic E-state index is 0.226. The molecule has 160 valence electrons. The number of aromatic nitrogens is 1. The lowest BCUT2D eigenvalue weighted by molar-refractivity contribution is -0.144. The Morgan fingerprint density at radius 3 is 2.50 bits per heavy atom. The van der Waals surface area contributed by atoms with Gasteiger partial charge in [-0.15, -0.1) is 6.58 Å². The number of carbonyl (C=O) groups excluding carboxylic acids is 3. The van der Waals surface area contributed by atoms with Crippen LogP contribution in [0.1, 0.15) is 30.8 Å². The molecule has 2 aromatic rings. The molecule has 1 amide bonds. The summed E-state index contributed by atoms with van der Waals surface area (Å²) in [5.74, 6) is -4.61. The lowest BCUT2D eigenvalue weighted by atomic mass is 9.87. The van der Waals surface area contributed by atoms with Crippen molar-refractivity contribution in [1.29, 1.82) is 0 Å². The number of Topliss-reactive ketones (excluding diaryl/α,β-unsaturated/α-hetero) is 1. The molecule has 4 N–H and O–H groups in total. The number of amides is 1. The number of aldehydes is 1. The van der Waals surface area contributed by atoms with Crippen LogP contribution in [0.25, 0.3) is 10.9 Å². The minimum Gasteiger partial charge on any atom is -0.480 e. The van der Waals surface area contributed by atoms with E-state index in [0.717, 1.165) is 10.9 Å². The number of hydrogen-bond acceptors (Lipinski definition) is 5. The SMILES string of the molecule is C=CCCn1c(C(=O)N[C@H](C(=O)[C@H](C=O)C(N)C(=O)O)C(C)C)cc2ccccc21. The van der Waals surface area contributed by atoms with Gasteiger partial charge in [0.05, 0.1) is 6.04 Å². The van der Waals surface area contributed by atoms with E-state index in [0.29, 0.717) is 18.7 Å². The summed E-state index contributed by atoms with van der Waals surface area (Å²) in [5, 5.41) is 12.6. The maximum atomic E-state index is 13.1. The average molecular weight is 413 g/mol. The van der Waals surface area contributed by atoms with Crippen molar-refractivity contribution in [3.8, 4) is 0 Å². The maximum absolute atomic E-state index is 13.1. The predicted octanol–water partition coefficient (Wildman–Crippen LogP) is 1.77. The minimum atomic E-state index is -1.67. The van der Waals surface area contributed by atoms with E-state index >= 15 is 0 Å². The van der Waals surface area contributed by atoms with Gasteiger partial charge in [0.1, 0.15) is 23.9 Å². The van der Waals surface area contributed by atoms with Crippen molar-refractivity contribution >= 4 is 34.8 Å². The Morgan fingerprint density at radius 2 is 1.93 bits per heavy atom. The molecule has 0 radical (unpaired) electrons. The number of carboxylic acid groups (broad SMARTS) is 1. The van der Waals surface area contributed by atoms with Crippen LogP contribution in [0.4, 0.5) is 0 Å². The van der Waals surface area contributed by atoms with Crippen LogP contribution in [0.15, 0.2) is 43.0 Å². The molecule has 0 saturated heterocycles. The quantitative estimate of drug-likeness (QED) is 0.292. The number of para-hydroxylation sites is 1. The highest BCUT2D eigenvalue weighted by molar-refractivity contribution is 6.05. The molecule has 1 aromatic heterocycles. The van der Waals surface area contributed by atoms with Crippen LogP contribution >= 0.6 is 0 Å². The van der Waals surface area contributed by atoms with Crippen molar-refractivity contribution < 1.29 is 24.3 Å². The van der Waals surface area contributed by atoms with Crippen molar-refractivity contribution in [2.45, 2.75) is 38.9 Å².